The summed E-state index contributed by atoms with van der Waals surface area (Å²) in [6.45, 7) is 3.27. The first-order valence-electron chi connectivity index (χ1n) is 9.32. The molecule has 5 nitrogen and oxygen atoms in total. The largest absolute Gasteiger partial charge is 0.422 e. The van der Waals surface area contributed by atoms with E-state index in [2.05, 4.69) is 29.2 Å². The van der Waals surface area contributed by atoms with Crippen molar-refractivity contribution >= 4 is 16.9 Å². The molecule has 136 valence electrons. The highest BCUT2D eigenvalue weighted by molar-refractivity contribution is 5.97. The zero-order valence-electron chi connectivity index (χ0n) is 14.9. The summed E-state index contributed by atoms with van der Waals surface area (Å²) in [5.74, 6) is -0.233. The van der Waals surface area contributed by atoms with E-state index in [4.69, 9.17) is 4.42 Å². The predicted molar refractivity (Wildman–Crippen MR) is 103 cm³/mol. The second-order valence-electron chi connectivity index (χ2n) is 7.34. The van der Waals surface area contributed by atoms with Crippen LogP contribution in [0.3, 0.4) is 0 Å². The van der Waals surface area contributed by atoms with Crippen LogP contribution in [-0.4, -0.2) is 41.4 Å². The Morgan fingerprint density at radius 2 is 1.74 bits per heavy atom. The fraction of sp³-hybridized carbons (Fsp3) is 0.273. The molecule has 5 heteroatoms. The van der Waals surface area contributed by atoms with Crippen LogP contribution in [0.25, 0.3) is 11.0 Å². The molecule has 0 radical (unpaired) electrons. The molecule has 0 N–H and O–H groups in total. The predicted octanol–water partition coefficient (Wildman–Crippen LogP) is 2.68. The smallest absolute Gasteiger partial charge is 0.349 e. The van der Waals surface area contributed by atoms with Gasteiger partial charge in [0.05, 0.1) is 0 Å². The van der Waals surface area contributed by atoms with Gasteiger partial charge in [0.15, 0.2) is 0 Å². The monoisotopic (exact) mass is 360 g/mol. The Morgan fingerprint density at radius 1 is 1.00 bits per heavy atom. The molecule has 1 saturated heterocycles. The quantitative estimate of drug-likeness (QED) is 0.660. The lowest BCUT2D eigenvalue weighted by Gasteiger charge is -2.46. The highest BCUT2D eigenvalue weighted by atomic mass is 16.4. The van der Waals surface area contributed by atoms with E-state index in [0.717, 1.165) is 24.9 Å². The maximum atomic E-state index is 12.8. The number of carbonyl (C=O) groups excluding carboxylic acids is 1. The number of rotatable bonds is 2. The maximum Gasteiger partial charge on any atom is 0.349 e. The minimum atomic E-state index is -0.561. The minimum Gasteiger partial charge on any atom is -0.422 e. The van der Waals surface area contributed by atoms with Gasteiger partial charge in [-0.25, -0.2) is 4.79 Å². The highest BCUT2D eigenvalue weighted by Crippen LogP contribution is 2.25. The number of fused-ring (bicyclic) bond motifs is 2. The van der Waals surface area contributed by atoms with Crippen molar-refractivity contribution in [2.45, 2.75) is 19.0 Å². The minimum absolute atomic E-state index is 0.121. The number of benzene rings is 2. The van der Waals surface area contributed by atoms with Crippen molar-refractivity contribution in [3.63, 3.8) is 0 Å². The summed E-state index contributed by atoms with van der Waals surface area (Å²) in [5.41, 5.74) is 2.87. The van der Waals surface area contributed by atoms with Crippen LogP contribution in [-0.2, 0) is 13.0 Å². The van der Waals surface area contributed by atoms with Crippen molar-refractivity contribution in [2.75, 3.05) is 19.6 Å². The van der Waals surface area contributed by atoms with Gasteiger partial charge in [0, 0.05) is 37.6 Å². The first-order valence-corrected chi connectivity index (χ1v) is 9.32. The summed E-state index contributed by atoms with van der Waals surface area (Å²) in [7, 11) is 0. The third-order valence-corrected chi connectivity index (χ3v) is 5.70. The van der Waals surface area contributed by atoms with Crippen molar-refractivity contribution in [1.82, 2.24) is 9.80 Å². The number of hydrogen-bond donors (Lipinski definition) is 0. The topological polar surface area (TPSA) is 53.8 Å². The SMILES string of the molecule is O=C(c1cc2ccccc2oc1=O)N1CC(N2CCc3ccccc3C2)C1. The van der Waals surface area contributed by atoms with Gasteiger partial charge in [-0.3, -0.25) is 9.69 Å². The van der Waals surface area contributed by atoms with Crippen LogP contribution in [0.1, 0.15) is 21.5 Å². The van der Waals surface area contributed by atoms with Gasteiger partial charge in [0.25, 0.3) is 5.91 Å². The van der Waals surface area contributed by atoms with Crippen molar-refractivity contribution < 1.29 is 9.21 Å². The van der Waals surface area contributed by atoms with Crippen molar-refractivity contribution in [1.29, 1.82) is 0 Å². The number of para-hydroxylation sites is 1. The summed E-state index contributed by atoms with van der Waals surface area (Å²) in [5, 5.41) is 0.769. The molecular formula is C22H20N2O3. The van der Waals surface area contributed by atoms with Gasteiger partial charge in [0.1, 0.15) is 11.1 Å². The Balaban J connectivity index is 1.29. The molecular weight excluding hydrogens is 340 g/mol. The van der Waals surface area contributed by atoms with Gasteiger partial charge in [-0.05, 0) is 29.7 Å². The van der Waals surface area contributed by atoms with Gasteiger partial charge >= 0.3 is 5.63 Å². The molecule has 0 atom stereocenters. The molecule has 1 aromatic heterocycles. The van der Waals surface area contributed by atoms with Crippen LogP contribution < -0.4 is 5.63 Å². The molecule has 0 aliphatic carbocycles. The number of amides is 1. The maximum absolute atomic E-state index is 12.8. The molecule has 3 aromatic rings. The molecule has 3 heterocycles. The van der Waals surface area contributed by atoms with Gasteiger partial charge in [-0.15, -0.1) is 0 Å². The third kappa shape index (κ3) is 2.84. The van der Waals surface area contributed by atoms with E-state index >= 15 is 0 Å². The molecule has 0 bridgehead atoms. The van der Waals surface area contributed by atoms with E-state index in [1.54, 1.807) is 17.0 Å². The van der Waals surface area contributed by atoms with Crippen LogP contribution in [0.4, 0.5) is 0 Å². The van der Waals surface area contributed by atoms with Crippen LogP contribution >= 0.6 is 0 Å². The second-order valence-corrected chi connectivity index (χ2v) is 7.34. The van der Waals surface area contributed by atoms with E-state index in [1.807, 2.05) is 18.2 Å². The normalized spacial score (nSPS) is 17.6. The molecule has 2 aromatic carbocycles. The highest BCUT2D eigenvalue weighted by Gasteiger charge is 2.37. The van der Waals surface area contributed by atoms with E-state index < -0.39 is 5.63 Å². The number of nitrogens with zero attached hydrogens (tertiary/aromatic N) is 2. The van der Waals surface area contributed by atoms with Gasteiger partial charge in [0.2, 0.25) is 0 Å². The fourth-order valence-corrected chi connectivity index (χ4v) is 4.06. The van der Waals surface area contributed by atoms with Crippen LogP contribution in [0.15, 0.2) is 63.8 Å². The molecule has 1 fully saturated rings. The third-order valence-electron chi connectivity index (χ3n) is 5.70. The van der Waals surface area contributed by atoms with Gasteiger partial charge in [-0.2, -0.15) is 0 Å². The standard InChI is InChI=1S/C22H20N2O3/c25-21(19-11-16-6-3-4-8-20(16)27-22(19)26)24-13-18(14-24)23-10-9-15-5-1-2-7-17(15)12-23/h1-8,11,18H,9-10,12-14H2. The van der Waals surface area contributed by atoms with Crippen LogP contribution in [0.2, 0.25) is 0 Å². The van der Waals surface area contributed by atoms with Crippen molar-refractivity contribution in [3.05, 3.63) is 81.7 Å². The average molecular weight is 360 g/mol. The Bertz CT molecular complexity index is 1080. The molecule has 1 amide bonds. The number of hydrogen-bond acceptors (Lipinski definition) is 4. The average Bonchev–Trinajstić information content (AvgIpc) is 2.66. The molecule has 0 spiro atoms. The molecule has 2 aliphatic heterocycles. The summed E-state index contributed by atoms with van der Waals surface area (Å²) in [6, 6.07) is 17.8. The summed E-state index contributed by atoms with van der Waals surface area (Å²) >= 11 is 0. The van der Waals surface area contributed by atoms with Gasteiger partial charge in [-0.1, -0.05) is 42.5 Å². The van der Waals surface area contributed by atoms with E-state index in [9.17, 15) is 9.59 Å². The number of likely N-dealkylation sites (tertiary alicyclic amines) is 1. The van der Waals surface area contributed by atoms with E-state index in [1.165, 1.54) is 11.1 Å². The number of carbonyl (C=O) groups is 1. The Morgan fingerprint density at radius 3 is 2.59 bits per heavy atom. The zero-order valence-corrected chi connectivity index (χ0v) is 14.9. The van der Waals surface area contributed by atoms with E-state index in [-0.39, 0.29) is 11.5 Å². The molecule has 5 rings (SSSR count). The Hall–Kier alpha value is -2.92. The zero-order chi connectivity index (χ0) is 18.4. The molecule has 2 aliphatic rings. The molecule has 0 saturated carbocycles. The van der Waals surface area contributed by atoms with Crippen molar-refractivity contribution in [3.8, 4) is 0 Å². The fourth-order valence-electron chi connectivity index (χ4n) is 4.06. The molecule has 0 unspecified atom stereocenters. The first-order chi connectivity index (χ1) is 13.2. The lowest BCUT2D eigenvalue weighted by molar-refractivity contribution is 0.0215. The first kappa shape index (κ1) is 16.3. The van der Waals surface area contributed by atoms with Crippen LogP contribution in [0.5, 0.6) is 0 Å². The van der Waals surface area contributed by atoms with Gasteiger partial charge < -0.3 is 9.32 Å². The lowest BCUT2D eigenvalue weighted by Crippen LogP contribution is -2.62. The Labute approximate surface area is 156 Å². The second kappa shape index (κ2) is 6.35. The van der Waals surface area contributed by atoms with Crippen molar-refractivity contribution in [2.24, 2.45) is 0 Å². The Kier molecular flexibility index (Phi) is 3.83. The summed E-state index contributed by atoms with van der Waals surface area (Å²) in [6.07, 6.45) is 1.05. The van der Waals surface area contributed by atoms with E-state index in [0.29, 0.717) is 24.7 Å². The van der Waals surface area contributed by atoms with Crippen LogP contribution in [0, 0.1) is 0 Å². The molecule has 27 heavy (non-hydrogen) atoms. The lowest BCUT2D eigenvalue weighted by atomic mass is 9.96. The summed E-state index contributed by atoms with van der Waals surface area (Å²) in [4.78, 5) is 29.2. The summed E-state index contributed by atoms with van der Waals surface area (Å²) < 4.78 is 5.30.